The van der Waals surface area contributed by atoms with Gasteiger partial charge in [0.1, 0.15) is 0 Å². The van der Waals surface area contributed by atoms with E-state index in [0.717, 1.165) is 0 Å². The second-order valence-electron chi connectivity index (χ2n) is 7.61. The molecule has 19 heavy (non-hydrogen) atoms. The van der Waals surface area contributed by atoms with E-state index in [4.69, 9.17) is 0 Å². The molecule has 0 fully saturated rings. The summed E-state index contributed by atoms with van der Waals surface area (Å²) in [7, 11) is 0.00880. The van der Waals surface area contributed by atoms with Crippen molar-refractivity contribution in [1.82, 2.24) is 0 Å². The van der Waals surface area contributed by atoms with Crippen LogP contribution in [0.4, 0.5) is 0 Å². The van der Waals surface area contributed by atoms with Gasteiger partial charge >= 0.3 is 0 Å². The molecule has 0 N–H and O–H groups in total. The lowest BCUT2D eigenvalue weighted by molar-refractivity contribution is 0.702. The predicted octanol–water partition coefficient (Wildman–Crippen LogP) is 5.92. The van der Waals surface area contributed by atoms with Crippen LogP contribution in [0.25, 0.3) is 0 Å². The van der Waals surface area contributed by atoms with E-state index >= 15 is 0 Å². The first-order valence-electron chi connectivity index (χ1n) is 7.36. The maximum Gasteiger partial charge on any atom is -0.0174 e. The van der Waals surface area contributed by atoms with Crippen molar-refractivity contribution >= 4 is 7.92 Å². The molecule has 0 unspecified atom stereocenters. The van der Waals surface area contributed by atoms with Crippen LogP contribution in [0.5, 0.6) is 0 Å². The van der Waals surface area contributed by atoms with Crippen molar-refractivity contribution in [2.75, 3.05) is 6.16 Å². The molecule has 1 rings (SSSR count). The number of aryl methyl sites for hydroxylation is 2. The van der Waals surface area contributed by atoms with Crippen molar-refractivity contribution in [3.8, 4) is 0 Å². The Bertz CT molecular complexity index is 384. The second kappa shape index (κ2) is 5.96. The highest BCUT2D eigenvalue weighted by molar-refractivity contribution is 7.60. The van der Waals surface area contributed by atoms with Crippen LogP contribution in [0, 0.1) is 13.8 Å². The lowest BCUT2D eigenvalue weighted by Crippen LogP contribution is -2.27. The zero-order chi connectivity index (χ0) is 14.8. The number of rotatable bonds is 3. The summed E-state index contributed by atoms with van der Waals surface area (Å²) in [5.41, 5.74) is 4.49. The average Bonchev–Trinajstić information content (AvgIpc) is 2.18. The third-order valence-corrected chi connectivity index (χ3v) is 7.76. The van der Waals surface area contributed by atoms with Gasteiger partial charge in [0, 0.05) is 0 Å². The molecule has 0 aliphatic rings. The van der Waals surface area contributed by atoms with E-state index in [0.29, 0.717) is 10.3 Å². The van der Waals surface area contributed by atoms with E-state index in [-0.39, 0.29) is 7.92 Å². The fraction of sp³-hybridized carbons (Fsp3) is 0.667. The number of hydrogen-bond acceptors (Lipinski definition) is 0. The van der Waals surface area contributed by atoms with Crippen molar-refractivity contribution in [3.63, 3.8) is 0 Å². The molecule has 1 heteroatoms. The molecule has 0 saturated heterocycles. The van der Waals surface area contributed by atoms with Crippen LogP contribution < -0.4 is 0 Å². The summed E-state index contributed by atoms with van der Waals surface area (Å²) in [6, 6.07) is 6.67. The van der Waals surface area contributed by atoms with Crippen LogP contribution in [0.3, 0.4) is 0 Å². The highest BCUT2D eigenvalue weighted by Crippen LogP contribution is 2.59. The third-order valence-electron chi connectivity index (χ3n) is 3.85. The average molecular weight is 278 g/mol. The fourth-order valence-corrected chi connectivity index (χ4v) is 6.95. The first-order chi connectivity index (χ1) is 8.53. The Labute approximate surface area is 121 Å². The molecule has 0 aromatic heterocycles. The molecule has 108 valence electrons. The Morgan fingerprint density at radius 1 is 0.842 bits per heavy atom. The van der Waals surface area contributed by atoms with Crippen molar-refractivity contribution < 1.29 is 0 Å². The number of benzene rings is 1. The maximum absolute atomic E-state index is 2.41. The van der Waals surface area contributed by atoms with Gasteiger partial charge in [-0.15, -0.1) is 0 Å². The van der Waals surface area contributed by atoms with E-state index in [1.165, 1.54) is 23.7 Å². The minimum atomic E-state index is 0.00880. The predicted molar refractivity (Wildman–Crippen MR) is 90.9 cm³/mol. The second-order valence-corrected chi connectivity index (χ2v) is 11.6. The summed E-state index contributed by atoms with van der Waals surface area (Å²) in [4.78, 5) is 0. The van der Waals surface area contributed by atoms with Crippen LogP contribution in [0.15, 0.2) is 18.2 Å². The Hall–Kier alpha value is -0.350. The Morgan fingerprint density at radius 2 is 1.26 bits per heavy atom. The third kappa shape index (κ3) is 4.60. The molecule has 0 radical (unpaired) electrons. The largest absolute Gasteiger partial charge is 0.0953 e. The van der Waals surface area contributed by atoms with Gasteiger partial charge in [-0.1, -0.05) is 67.7 Å². The van der Waals surface area contributed by atoms with Crippen molar-refractivity contribution in [2.24, 2.45) is 0 Å². The lowest BCUT2D eigenvalue weighted by Gasteiger charge is -2.42. The summed E-state index contributed by atoms with van der Waals surface area (Å²) < 4.78 is 0. The van der Waals surface area contributed by atoms with Crippen LogP contribution >= 0.6 is 7.92 Å². The van der Waals surface area contributed by atoms with E-state index in [9.17, 15) is 0 Å². The van der Waals surface area contributed by atoms with E-state index in [1.54, 1.807) is 5.56 Å². The topological polar surface area (TPSA) is 0 Å². The van der Waals surface area contributed by atoms with Crippen molar-refractivity contribution in [3.05, 3.63) is 34.9 Å². The van der Waals surface area contributed by atoms with E-state index in [2.05, 4.69) is 73.6 Å². The molecule has 1 aromatic rings. The molecule has 0 aliphatic carbocycles. The van der Waals surface area contributed by atoms with Gasteiger partial charge in [-0.3, -0.25) is 0 Å². The Kier molecular flexibility index (Phi) is 5.24. The first-order valence-corrected chi connectivity index (χ1v) is 8.89. The molecule has 0 aliphatic heterocycles. The van der Waals surface area contributed by atoms with Gasteiger partial charge in [-0.25, -0.2) is 0 Å². The molecule has 0 amide bonds. The molecule has 0 nitrogen and oxygen atoms in total. The molecular weight excluding hydrogens is 247 g/mol. The highest BCUT2D eigenvalue weighted by atomic mass is 31.1. The maximum atomic E-state index is 2.41. The monoisotopic (exact) mass is 278 g/mol. The normalized spacial score (nSPS) is 13.1. The van der Waals surface area contributed by atoms with Crippen molar-refractivity contribution in [1.29, 1.82) is 0 Å². The lowest BCUT2D eigenvalue weighted by atomic mass is 10.0. The van der Waals surface area contributed by atoms with Gasteiger partial charge in [-0.2, -0.15) is 0 Å². The summed E-state index contributed by atoms with van der Waals surface area (Å²) >= 11 is 0. The SMILES string of the molecule is Cc1cccc(C)c1CCP(C(C)(C)C)C(C)(C)C. The van der Waals surface area contributed by atoms with Gasteiger partial charge in [0.05, 0.1) is 0 Å². The summed E-state index contributed by atoms with van der Waals surface area (Å²) in [5, 5.41) is 0.869. The minimum absolute atomic E-state index is 0.00880. The van der Waals surface area contributed by atoms with Gasteiger partial charge in [0.15, 0.2) is 0 Å². The van der Waals surface area contributed by atoms with E-state index < -0.39 is 0 Å². The minimum Gasteiger partial charge on any atom is -0.0953 e. The fourth-order valence-electron chi connectivity index (χ4n) is 3.14. The van der Waals surface area contributed by atoms with Crippen LogP contribution in [-0.2, 0) is 6.42 Å². The Morgan fingerprint density at radius 3 is 1.63 bits per heavy atom. The van der Waals surface area contributed by atoms with Crippen LogP contribution in [0.1, 0.15) is 58.2 Å². The van der Waals surface area contributed by atoms with Crippen molar-refractivity contribution in [2.45, 2.75) is 72.1 Å². The first kappa shape index (κ1) is 16.7. The quantitative estimate of drug-likeness (QED) is 0.601. The van der Waals surface area contributed by atoms with Gasteiger partial charge < -0.3 is 0 Å². The van der Waals surface area contributed by atoms with Gasteiger partial charge in [0.2, 0.25) is 0 Å². The van der Waals surface area contributed by atoms with Crippen LogP contribution in [0.2, 0.25) is 0 Å². The summed E-state index contributed by atoms with van der Waals surface area (Å²) in [6.07, 6.45) is 2.58. The molecule has 0 spiro atoms. The van der Waals surface area contributed by atoms with Crippen LogP contribution in [-0.4, -0.2) is 16.5 Å². The molecule has 0 atom stereocenters. The zero-order valence-corrected chi connectivity index (χ0v) is 15.0. The van der Waals surface area contributed by atoms with Gasteiger partial charge in [0.25, 0.3) is 0 Å². The summed E-state index contributed by atoms with van der Waals surface area (Å²) in [6.45, 7) is 19.0. The molecule has 1 aromatic carbocycles. The van der Waals surface area contributed by atoms with E-state index in [1.807, 2.05) is 0 Å². The Balaban J connectivity index is 2.89. The molecule has 0 heterocycles. The highest BCUT2D eigenvalue weighted by Gasteiger charge is 2.33. The summed E-state index contributed by atoms with van der Waals surface area (Å²) in [5.74, 6) is 0. The molecular formula is C18H31P. The standard InChI is InChI=1S/C18H31P/c1-14-10-9-11-15(2)16(14)12-13-19(17(3,4)5)18(6,7)8/h9-11H,12-13H2,1-8H3. The smallest absolute Gasteiger partial charge is 0.0174 e. The molecule has 0 saturated carbocycles. The number of hydrogen-bond donors (Lipinski definition) is 0. The molecule has 0 bridgehead atoms. The van der Waals surface area contributed by atoms with Gasteiger partial charge in [-0.05, 0) is 53.4 Å². The zero-order valence-electron chi connectivity index (χ0n) is 14.1.